The number of aryl methyl sites for hydroxylation is 1. The molecule has 1 N–H and O–H groups in total. The first-order valence-electron chi connectivity index (χ1n) is 10.8. The molecule has 33 heavy (non-hydrogen) atoms. The van der Waals surface area contributed by atoms with Gasteiger partial charge < -0.3 is 9.88 Å². The summed E-state index contributed by atoms with van der Waals surface area (Å²) in [5.41, 5.74) is 3.59. The summed E-state index contributed by atoms with van der Waals surface area (Å²) in [7, 11) is 1.99. The van der Waals surface area contributed by atoms with Crippen molar-refractivity contribution in [1.29, 1.82) is 0 Å². The number of nitrogens with one attached hydrogen (secondary N) is 1. The number of carbonyl (C=O) groups is 1. The molecule has 0 saturated heterocycles. The fraction of sp³-hybridized carbons (Fsp3) is 0.154. The van der Waals surface area contributed by atoms with Crippen LogP contribution >= 0.6 is 0 Å². The highest BCUT2D eigenvalue weighted by Gasteiger charge is 2.18. The van der Waals surface area contributed by atoms with Gasteiger partial charge in [0.1, 0.15) is 5.82 Å². The number of para-hydroxylation sites is 2. The molecule has 5 rings (SSSR count). The van der Waals surface area contributed by atoms with Gasteiger partial charge in [-0.15, -0.1) is 0 Å². The topological polar surface area (TPSA) is 81.8 Å². The number of aromatic nitrogens is 4. The first kappa shape index (κ1) is 20.6. The van der Waals surface area contributed by atoms with E-state index in [4.69, 9.17) is 4.98 Å². The highest BCUT2D eigenvalue weighted by atomic mass is 16.2. The Balaban J connectivity index is 1.47. The second-order valence-electron chi connectivity index (χ2n) is 8.25. The highest BCUT2D eigenvalue weighted by molar-refractivity contribution is 6.11. The van der Waals surface area contributed by atoms with Gasteiger partial charge in [-0.1, -0.05) is 30.3 Å². The Morgan fingerprint density at radius 2 is 1.58 bits per heavy atom. The first-order chi connectivity index (χ1) is 15.9. The fourth-order valence-electron chi connectivity index (χ4n) is 4.02. The van der Waals surface area contributed by atoms with E-state index in [1.54, 1.807) is 24.3 Å². The second-order valence-corrected chi connectivity index (χ2v) is 8.25. The Morgan fingerprint density at radius 1 is 0.909 bits per heavy atom. The molecule has 2 aromatic heterocycles. The molecule has 2 heterocycles. The minimum absolute atomic E-state index is 0.166. The van der Waals surface area contributed by atoms with Crippen LogP contribution in [0.2, 0.25) is 0 Å². The molecule has 5 aromatic rings. The number of carbonyl (C=O) groups excluding carboxylic acids is 1. The third-order valence-electron chi connectivity index (χ3n) is 5.72. The summed E-state index contributed by atoms with van der Waals surface area (Å²) in [5, 5.41) is 8.30. The molecule has 0 aliphatic rings. The van der Waals surface area contributed by atoms with E-state index in [-0.39, 0.29) is 23.2 Å². The third kappa shape index (κ3) is 3.57. The average Bonchev–Trinajstić information content (AvgIpc) is 3.16. The molecule has 0 aliphatic carbocycles. The number of anilines is 1. The van der Waals surface area contributed by atoms with Gasteiger partial charge in [-0.2, -0.15) is 5.10 Å². The van der Waals surface area contributed by atoms with Crippen molar-refractivity contribution in [2.45, 2.75) is 19.9 Å². The smallest absolute Gasteiger partial charge is 0.276 e. The minimum Gasteiger partial charge on any atom is -0.327 e. The van der Waals surface area contributed by atoms with E-state index in [1.807, 2.05) is 74.0 Å². The maximum absolute atomic E-state index is 13.1. The predicted octanol–water partition coefficient (Wildman–Crippen LogP) is 4.78. The lowest BCUT2D eigenvalue weighted by Gasteiger charge is -2.13. The van der Waals surface area contributed by atoms with Crippen molar-refractivity contribution in [1.82, 2.24) is 19.3 Å². The van der Waals surface area contributed by atoms with Gasteiger partial charge in [0.05, 0.1) is 22.5 Å². The summed E-state index contributed by atoms with van der Waals surface area (Å²) >= 11 is 0. The quantitative estimate of drug-likeness (QED) is 0.439. The molecule has 3 aromatic carbocycles. The summed E-state index contributed by atoms with van der Waals surface area (Å²) in [5.74, 6) is 0.488. The van der Waals surface area contributed by atoms with Crippen molar-refractivity contribution in [2.75, 3.05) is 5.32 Å². The molecule has 0 spiro atoms. The van der Waals surface area contributed by atoms with Crippen LogP contribution in [-0.4, -0.2) is 25.2 Å². The van der Waals surface area contributed by atoms with Crippen molar-refractivity contribution in [3.63, 3.8) is 0 Å². The zero-order chi connectivity index (χ0) is 23.1. The van der Waals surface area contributed by atoms with Crippen LogP contribution in [0.15, 0.2) is 77.6 Å². The van der Waals surface area contributed by atoms with Crippen LogP contribution in [0.1, 0.15) is 30.4 Å². The van der Waals surface area contributed by atoms with Crippen LogP contribution in [0.25, 0.3) is 33.2 Å². The van der Waals surface area contributed by atoms with Crippen molar-refractivity contribution in [2.24, 2.45) is 7.05 Å². The van der Waals surface area contributed by atoms with Gasteiger partial charge in [0.25, 0.3) is 11.5 Å². The monoisotopic (exact) mass is 437 g/mol. The van der Waals surface area contributed by atoms with Gasteiger partial charge in [0.2, 0.25) is 0 Å². The van der Waals surface area contributed by atoms with Crippen LogP contribution in [-0.2, 0) is 7.05 Å². The molecule has 0 fully saturated rings. The van der Waals surface area contributed by atoms with E-state index in [9.17, 15) is 9.59 Å². The zero-order valence-corrected chi connectivity index (χ0v) is 18.6. The van der Waals surface area contributed by atoms with Gasteiger partial charge in [0, 0.05) is 23.7 Å². The van der Waals surface area contributed by atoms with Crippen LogP contribution in [0, 0.1) is 0 Å². The number of benzene rings is 3. The van der Waals surface area contributed by atoms with Crippen molar-refractivity contribution in [3.05, 3.63) is 88.8 Å². The molecule has 0 radical (unpaired) electrons. The van der Waals surface area contributed by atoms with Gasteiger partial charge >= 0.3 is 0 Å². The zero-order valence-electron chi connectivity index (χ0n) is 18.6. The van der Waals surface area contributed by atoms with E-state index in [0.717, 1.165) is 22.4 Å². The minimum atomic E-state index is -0.365. The van der Waals surface area contributed by atoms with Gasteiger partial charge in [-0.3, -0.25) is 9.59 Å². The molecule has 164 valence electrons. The third-order valence-corrected chi connectivity index (χ3v) is 5.72. The summed E-state index contributed by atoms with van der Waals surface area (Å²) < 4.78 is 3.40. The van der Waals surface area contributed by atoms with Crippen molar-refractivity contribution >= 4 is 33.4 Å². The van der Waals surface area contributed by atoms with E-state index < -0.39 is 0 Å². The summed E-state index contributed by atoms with van der Waals surface area (Å²) in [6.07, 6.45) is 0. The van der Waals surface area contributed by atoms with Crippen LogP contribution < -0.4 is 10.9 Å². The largest absolute Gasteiger partial charge is 0.327 e. The second kappa shape index (κ2) is 8.02. The molecule has 0 aliphatic heterocycles. The van der Waals surface area contributed by atoms with E-state index in [0.29, 0.717) is 16.5 Å². The molecule has 0 saturated carbocycles. The number of nitrogens with zero attached hydrogens (tertiary/aromatic N) is 4. The molecular weight excluding hydrogens is 414 g/mol. The molecule has 1 amide bonds. The standard InChI is InChI=1S/C26H23N5O2/c1-16(2)31-26(33)20-9-5-4-8-19(20)23(29-31)25(32)27-18-14-12-17(13-15-18)24-28-21-10-6-7-11-22(21)30(24)3/h4-16H,1-3H3,(H,27,32). The molecule has 7 nitrogen and oxygen atoms in total. The van der Waals surface area contributed by atoms with E-state index >= 15 is 0 Å². The van der Waals surface area contributed by atoms with E-state index in [2.05, 4.69) is 10.4 Å². The molecule has 0 bridgehead atoms. The molecule has 7 heteroatoms. The Labute approximate surface area is 190 Å². The van der Waals surface area contributed by atoms with E-state index in [1.165, 1.54) is 4.68 Å². The lowest BCUT2D eigenvalue weighted by atomic mass is 10.1. The average molecular weight is 438 g/mol. The number of fused-ring (bicyclic) bond motifs is 2. The Morgan fingerprint density at radius 3 is 2.27 bits per heavy atom. The summed E-state index contributed by atoms with van der Waals surface area (Å²) in [6, 6.07) is 22.4. The van der Waals surface area contributed by atoms with Crippen LogP contribution in [0.4, 0.5) is 5.69 Å². The van der Waals surface area contributed by atoms with Crippen LogP contribution in [0.3, 0.4) is 0 Å². The maximum Gasteiger partial charge on any atom is 0.276 e. The SMILES string of the molecule is CC(C)n1nc(C(=O)Nc2ccc(-c3nc4ccccc4n3C)cc2)c2ccccc2c1=O. The summed E-state index contributed by atoms with van der Waals surface area (Å²) in [6.45, 7) is 3.73. The normalized spacial score (nSPS) is 11.4. The van der Waals surface area contributed by atoms with Gasteiger partial charge in [-0.25, -0.2) is 9.67 Å². The number of rotatable bonds is 4. The van der Waals surface area contributed by atoms with Crippen molar-refractivity contribution < 1.29 is 4.79 Å². The maximum atomic E-state index is 13.1. The van der Waals surface area contributed by atoms with Gasteiger partial charge in [-0.05, 0) is 56.3 Å². The summed E-state index contributed by atoms with van der Waals surface area (Å²) in [4.78, 5) is 30.6. The van der Waals surface area contributed by atoms with Crippen LogP contribution in [0.5, 0.6) is 0 Å². The van der Waals surface area contributed by atoms with Crippen molar-refractivity contribution in [3.8, 4) is 11.4 Å². The Bertz CT molecular complexity index is 1560. The van der Waals surface area contributed by atoms with Gasteiger partial charge in [0.15, 0.2) is 5.69 Å². The number of hydrogen-bond donors (Lipinski definition) is 1. The lowest BCUT2D eigenvalue weighted by molar-refractivity contribution is 0.102. The Kier molecular flexibility index (Phi) is 5.01. The fourth-order valence-corrected chi connectivity index (χ4v) is 4.02. The number of imidazole rings is 1. The Hall–Kier alpha value is -4.26. The molecule has 0 unspecified atom stereocenters. The molecule has 0 atom stereocenters. The predicted molar refractivity (Wildman–Crippen MR) is 130 cm³/mol. The number of amides is 1. The molecular formula is C26H23N5O2. The number of hydrogen-bond acceptors (Lipinski definition) is 4. The first-order valence-corrected chi connectivity index (χ1v) is 10.8. The highest BCUT2D eigenvalue weighted by Crippen LogP contribution is 2.25. The lowest BCUT2D eigenvalue weighted by Crippen LogP contribution is -2.28.